The summed E-state index contributed by atoms with van der Waals surface area (Å²) in [5.74, 6) is -8.36. The number of Topliss-reactive ketones (excluding diaryl/α,β-unsaturated/α-hetero) is 1. The fourth-order valence-electron chi connectivity index (χ4n) is 9.89. The SMILES string of the molecule is CCCCC(=O)Nc1ccc2c(C)cc(=O)oc2c1.CO[C@H]1/C=C/O[C@@]2(C)Oc3c(C)c(O)c4c(O)c(c(/C=N/N5CCN(C)CC5)c(O)c4c3C2=O)NC(=O)/C(C)=C\C=C\[C@H](C)[C@H](O)[C@@H](C)[C@@H](O)[C@@H](C)[C@H](OC(C)=O)[C@@H]1C. The van der Waals surface area contributed by atoms with Gasteiger partial charge in [0.05, 0.1) is 53.0 Å². The molecule has 5 bridgehead atoms. The molecule has 9 atom stereocenters. The Morgan fingerprint density at radius 1 is 0.923 bits per heavy atom. The number of methoxy groups -OCH3 is 1. The molecule has 4 aliphatic heterocycles. The van der Waals surface area contributed by atoms with Crippen LogP contribution in [0.2, 0.25) is 0 Å². The van der Waals surface area contributed by atoms with E-state index in [9.17, 15) is 49.5 Å². The van der Waals surface area contributed by atoms with Crippen LogP contribution in [0, 0.1) is 37.5 Å². The number of ketones is 1. The second kappa shape index (κ2) is 25.5. The van der Waals surface area contributed by atoms with Gasteiger partial charge in [-0.15, -0.1) is 0 Å². The van der Waals surface area contributed by atoms with E-state index in [-0.39, 0.29) is 56.0 Å². The number of allylic oxidation sites excluding steroid dienone is 2. The molecule has 20 nitrogen and oxygen atoms in total. The van der Waals surface area contributed by atoms with Gasteiger partial charge in [0.15, 0.2) is 5.75 Å². The number of phenolic OH excluding ortho intramolecular Hbond substituents is 3. The Balaban J connectivity index is 0.000000433. The van der Waals surface area contributed by atoms with E-state index in [4.69, 9.17) is 23.4 Å². The third-order valence-corrected chi connectivity index (χ3v) is 14.9. The molecule has 0 spiro atoms. The van der Waals surface area contributed by atoms with E-state index < -0.39 is 88.8 Å². The zero-order chi connectivity index (χ0) is 57.5. The minimum Gasteiger partial charge on any atom is -0.507 e. The average Bonchev–Trinajstić information content (AvgIpc) is 3.66. The van der Waals surface area contributed by atoms with Crippen LogP contribution in [0.25, 0.3) is 21.7 Å². The van der Waals surface area contributed by atoms with Crippen LogP contribution in [-0.4, -0.2) is 136 Å². The van der Waals surface area contributed by atoms with Crippen molar-refractivity contribution in [1.29, 1.82) is 0 Å². The quantitative estimate of drug-likeness (QED) is 0.0295. The van der Waals surface area contributed by atoms with E-state index in [1.807, 2.05) is 33.0 Å². The summed E-state index contributed by atoms with van der Waals surface area (Å²) < 4.78 is 28.7. The summed E-state index contributed by atoms with van der Waals surface area (Å²) in [6.45, 7) is 19.0. The van der Waals surface area contributed by atoms with E-state index in [2.05, 4.69) is 20.6 Å². The van der Waals surface area contributed by atoms with Gasteiger partial charge in [0.25, 0.3) is 11.7 Å². The number of aliphatic hydroxyl groups is 2. The smallest absolute Gasteiger partial charge is 0.336 e. The van der Waals surface area contributed by atoms with Crippen molar-refractivity contribution in [3.63, 3.8) is 0 Å². The van der Waals surface area contributed by atoms with Gasteiger partial charge >= 0.3 is 17.4 Å². The number of nitrogens with one attached hydrogen (secondary N) is 2. The Morgan fingerprint density at radius 3 is 2.27 bits per heavy atom. The highest BCUT2D eigenvalue weighted by Crippen LogP contribution is 2.55. The Hall–Kier alpha value is -7.26. The highest BCUT2D eigenvalue weighted by Gasteiger charge is 2.50. The normalized spacial score (nSPS) is 26.8. The molecule has 7 N–H and O–H groups in total. The van der Waals surface area contributed by atoms with Crippen molar-refractivity contribution < 1.29 is 68.1 Å². The maximum absolute atomic E-state index is 14.4. The molecule has 422 valence electrons. The van der Waals surface area contributed by atoms with Gasteiger partial charge in [0.1, 0.15) is 28.9 Å². The number of hydrazone groups is 1. The van der Waals surface area contributed by atoms with E-state index in [0.29, 0.717) is 30.8 Å². The fourth-order valence-corrected chi connectivity index (χ4v) is 9.89. The molecule has 1 saturated heterocycles. The molecular formula is C58H75N5O15. The monoisotopic (exact) mass is 1080 g/mol. The molecule has 0 radical (unpaired) electrons. The molecule has 0 aliphatic carbocycles. The maximum Gasteiger partial charge on any atom is 0.336 e. The predicted molar refractivity (Wildman–Crippen MR) is 296 cm³/mol. The number of esters is 1. The van der Waals surface area contributed by atoms with Crippen LogP contribution in [0.15, 0.2) is 74.7 Å². The van der Waals surface area contributed by atoms with Crippen molar-refractivity contribution in [2.75, 3.05) is 51.0 Å². The van der Waals surface area contributed by atoms with Crippen molar-refractivity contribution in [3.8, 4) is 23.0 Å². The summed E-state index contributed by atoms with van der Waals surface area (Å²) in [6.07, 6.45) is 7.22. The Morgan fingerprint density at radius 2 is 1.62 bits per heavy atom. The Kier molecular flexibility index (Phi) is 19.6. The topological polar surface area (TPSA) is 279 Å². The lowest BCUT2D eigenvalue weighted by molar-refractivity contribution is -0.160. The second-order valence-electron chi connectivity index (χ2n) is 20.7. The second-order valence-corrected chi connectivity index (χ2v) is 20.7. The summed E-state index contributed by atoms with van der Waals surface area (Å²) in [5.41, 5.74) is 1.30. The minimum absolute atomic E-state index is 0.0174. The summed E-state index contributed by atoms with van der Waals surface area (Å²) >= 11 is 0. The number of unbranched alkanes of at least 4 members (excludes halogenated alkanes) is 1. The van der Waals surface area contributed by atoms with Gasteiger partial charge in [-0.05, 0) is 58.0 Å². The van der Waals surface area contributed by atoms with Gasteiger partial charge < -0.3 is 64.4 Å². The first-order chi connectivity index (χ1) is 36.8. The van der Waals surface area contributed by atoms with Crippen molar-refractivity contribution in [2.24, 2.45) is 28.8 Å². The van der Waals surface area contributed by atoms with Crippen LogP contribution in [0.1, 0.15) is 102 Å². The lowest BCUT2D eigenvalue weighted by Crippen LogP contribution is -2.46. The number of benzene rings is 3. The lowest BCUT2D eigenvalue weighted by Gasteiger charge is -2.38. The molecule has 1 fully saturated rings. The number of amides is 2. The molecule has 4 aromatic rings. The van der Waals surface area contributed by atoms with Crippen molar-refractivity contribution in [1.82, 2.24) is 9.91 Å². The van der Waals surface area contributed by atoms with E-state index in [1.165, 1.54) is 65.5 Å². The van der Waals surface area contributed by atoms with Gasteiger partial charge in [0, 0.05) is 117 Å². The molecule has 3 aromatic carbocycles. The number of hydrogen-bond donors (Lipinski definition) is 7. The van der Waals surface area contributed by atoms with Gasteiger partial charge in [-0.3, -0.25) is 24.2 Å². The Bertz CT molecular complexity index is 3080. The van der Waals surface area contributed by atoms with Crippen LogP contribution in [0.4, 0.5) is 11.4 Å². The molecule has 2 amide bonds. The number of carbonyl (C=O) groups is 4. The number of aliphatic hydroxyl groups excluding tert-OH is 2. The Labute approximate surface area is 454 Å². The third-order valence-electron chi connectivity index (χ3n) is 14.9. The average molecular weight is 1080 g/mol. The summed E-state index contributed by atoms with van der Waals surface area (Å²) in [7, 11) is 3.42. The largest absolute Gasteiger partial charge is 0.507 e. The number of hydrogen-bond acceptors (Lipinski definition) is 18. The van der Waals surface area contributed by atoms with Crippen LogP contribution >= 0.6 is 0 Å². The molecule has 0 unspecified atom stereocenters. The molecule has 5 heterocycles. The minimum atomic E-state index is -2.04. The number of ether oxygens (including phenoxy) is 4. The zero-order valence-electron chi connectivity index (χ0n) is 46.5. The van der Waals surface area contributed by atoms with Crippen molar-refractivity contribution >= 4 is 62.9 Å². The van der Waals surface area contributed by atoms with Gasteiger partial charge in [0.2, 0.25) is 5.91 Å². The number of nitrogens with zero attached hydrogens (tertiary/aromatic N) is 3. The zero-order valence-corrected chi connectivity index (χ0v) is 46.5. The first-order valence-corrected chi connectivity index (χ1v) is 26.2. The molecular weight excluding hydrogens is 1010 g/mol. The molecule has 20 heteroatoms. The molecule has 1 aromatic heterocycles. The molecule has 78 heavy (non-hydrogen) atoms. The van der Waals surface area contributed by atoms with E-state index in [0.717, 1.165) is 36.9 Å². The van der Waals surface area contributed by atoms with E-state index >= 15 is 0 Å². The van der Waals surface area contributed by atoms with Gasteiger partial charge in [-0.2, -0.15) is 5.10 Å². The third kappa shape index (κ3) is 13.2. The molecule has 4 aliphatic rings. The number of likely N-dealkylation sites (N-methyl/N-ethyl adjacent to an activating group) is 1. The standard InChI is InChI=1S/C43H58N4O12.C15H17NO3/c1-21-12-11-13-22(2)42(55)45-33-28(20-44-47-17-15-46(9)16-18-47)37(52)30-31(38(33)53)36(51)26(6)40-32(30)41(54)43(8,59-40)57-19-14-29(56-10)23(3)39(58-27(7)48)25(5)35(50)24(4)34(21)49;1-3-4-5-14(17)16-11-6-7-12-10(2)8-15(18)19-13(12)9-11/h11-14,19-21,23-25,29,34-35,39,49-53H,15-18H2,1-10H3,(H,45,55);6-9H,3-5H2,1-2H3,(H,16,17)/b12-11+,19-14+,22-13-,44-20+;/t21-,23+,24+,25+,29-,34-,35+,39+,43-;/m0./s1. The van der Waals surface area contributed by atoms with Crippen LogP contribution in [0.5, 0.6) is 23.0 Å². The molecule has 0 saturated carbocycles. The molecule has 8 rings (SSSR count). The number of aromatic hydroxyl groups is 3. The highest BCUT2D eigenvalue weighted by atomic mass is 16.7. The van der Waals surface area contributed by atoms with Crippen LogP contribution < -0.4 is 21.0 Å². The van der Waals surface area contributed by atoms with Crippen LogP contribution in [-0.2, 0) is 28.6 Å². The number of piperazine rings is 1. The van der Waals surface area contributed by atoms with Gasteiger partial charge in [-0.25, -0.2) is 4.79 Å². The number of phenols is 3. The maximum atomic E-state index is 14.4. The number of anilines is 2. The first kappa shape index (κ1) is 60.0. The fraction of sp³-hybridized carbons (Fsp3) is 0.483. The van der Waals surface area contributed by atoms with Crippen LogP contribution in [0.3, 0.4) is 0 Å². The summed E-state index contributed by atoms with van der Waals surface area (Å²) in [4.78, 5) is 65.6. The summed E-state index contributed by atoms with van der Waals surface area (Å²) in [5, 5.41) is 70.5. The first-order valence-electron chi connectivity index (χ1n) is 26.2. The lowest BCUT2D eigenvalue weighted by atomic mass is 9.78. The predicted octanol–water partition coefficient (Wildman–Crippen LogP) is 7.57. The van der Waals surface area contributed by atoms with Gasteiger partial charge in [-0.1, -0.05) is 59.3 Å². The number of fused-ring (bicyclic) bond motifs is 15. The number of aryl methyl sites for hydroxylation is 1. The number of carbonyl (C=O) groups excluding carboxylic acids is 4. The van der Waals surface area contributed by atoms with Crippen molar-refractivity contribution in [2.45, 2.75) is 119 Å². The van der Waals surface area contributed by atoms with Crippen molar-refractivity contribution in [3.05, 3.63) is 93.1 Å². The van der Waals surface area contributed by atoms with E-state index in [1.54, 1.807) is 50.9 Å². The number of rotatable bonds is 8. The highest BCUT2D eigenvalue weighted by molar-refractivity contribution is 6.24. The summed E-state index contributed by atoms with van der Waals surface area (Å²) in [6, 6.07) is 6.82.